The summed E-state index contributed by atoms with van der Waals surface area (Å²) in [6.07, 6.45) is 2.64. The minimum atomic E-state index is 0.0465. The summed E-state index contributed by atoms with van der Waals surface area (Å²) in [5.74, 6) is 2.54. The number of aliphatic hydroxyl groups is 1. The number of aliphatic hydroxyl groups excluding tert-OH is 1. The quantitative estimate of drug-likeness (QED) is 0.272. The van der Waals surface area contributed by atoms with Gasteiger partial charge in [-0.2, -0.15) is 0 Å². The zero-order valence-corrected chi connectivity index (χ0v) is 17.2. The van der Waals surface area contributed by atoms with E-state index in [0.29, 0.717) is 26.2 Å². The molecule has 0 bridgehead atoms. The van der Waals surface area contributed by atoms with E-state index in [4.69, 9.17) is 19.2 Å². The van der Waals surface area contributed by atoms with Crippen molar-refractivity contribution in [2.75, 3.05) is 26.1 Å². The molecule has 0 aliphatic carbocycles. The van der Waals surface area contributed by atoms with Crippen LogP contribution < -0.4 is 9.47 Å². The molecule has 0 saturated carbocycles. The zero-order chi connectivity index (χ0) is 17.5. The van der Waals surface area contributed by atoms with Crippen LogP contribution in [0.1, 0.15) is 29.2 Å². The largest absolute Gasteiger partial charge is 0.496 e. The molecule has 0 spiro atoms. The van der Waals surface area contributed by atoms with E-state index in [2.05, 4.69) is 21.2 Å². The van der Waals surface area contributed by atoms with Crippen LogP contribution in [-0.4, -0.2) is 31.2 Å². The molecule has 1 aliphatic rings. The maximum Gasteiger partial charge on any atom is 0.132 e. The molecule has 0 unspecified atom stereocenters. The van der Waals surface area contributed by atoms with Gasteiger partial charge in [-0.3, -0.25) is 0 Å². The van der Waals surface area contributed by atoms with E-state index in [1.807, 2.05) is 19.9 Å². The van der Waals surface area contributed by atoms with Gasteiger partial charge in [0.1, 0.15) is 24.7 Å². The smallest absolute Gasteiger partial charge is 0.132 e. The first-order valence-corrected chi connectivity index (χ1v) is 11.2. The Bertz CT molecular complexity index is 603. The highest BCUT2D eigenvalue weighted by molar-refractivity contribution is 14.2. The molecule has 24 heavy (non-hydrogen) atoms. The van der Waals surface area contributed by atoms with E-state index in [1.54, 1.807) is 16.0 Å². The molecule has 0 amide bonds. The van der Waals surface area contributed by atoms with Crippen LogP contribution in [0, 0.1) is 6.92 Å². The lowest BCUT2D eigenvalue weighted by Gasteiger charge is -2.26. The summed E-state index contributed by atoms with van der Waals surface area (Å²) in [5, 5.41) is 9.26. The van der Waals surface area contributed by atoms with Crippen molar-refractivity contribution < 1.29 is 24.4 Å². The number of fused-ring (bicyclic) bond motifs is 1. The van der Waals surface area contributed by atoms with Crippen LogP contribution in [0.3, 0.4) is 0 Å². The van der Waals surface area contributed by atoms with Gasteiger partial charge in [-0.15, -0.1) is 0 Å². The maximum atomic E-state index is 9.26. The van der Waals surface area contributed by atoms with Crippen LogP contribution in [-0.2, 0) is 29.4 Å². The Balaban J connectivity index is 2.52. The van der Waals surface area contributed by atoms with E-state index in [0.717, 1.165) is 45.1 Å². The first-order valence-electron chi connectivity index (χ1n) is 7.72. The van der Waals surface area contributed by atoms with Crippen molar-refractivity contribution in [3.05, 3.63) is 33.9 Å². The Labute approximate surface area is 159 Å². The summed E-state index contributed by atoms with van der Waals surface area (Å²) in [5.41, 5.74) is 5.06. The molecule has 1 aromatic rings. The van der Waals surface area contributed by atoms with Gasteiger partial charge in [-0.1, -0.05) is 20.6 Å². The van der Waals surface area contributed by atoms with Gasteiger partial charge in [0.2, 0.25) is 0 Å². The molecule has 2 rings (SSSR count). The fourth-order valence-electron chi connectivity index (χ4n) is 2.71. The second-order valence-electron chi connectivity index (χ2n) is 5.52. The highest BCUT2D eigenvalue weighted by atomic mass is 127. The molecule has 0 atom stereocenters. The molecule has 1 aliphatic heterocycles. The second kappa shape index (κ2) is 9.86. The van der Waals surface area contributed by atoms with Crippen LogP contribution in [0.5, 0.6) is 11.5 Å². The third kappa shape index (κ3) is 4.57. The van der Waals surface area contributed by atoms with E-state index >= 15 is 0 Å². The highest BCUT2D eigenvalue weighted by Crippen LogP contribution is 2.42. The van der Waals surface area contributed by atoms with Crippen molar-refractivity contribution in [2.45, 2.75) is 33.5 Å². The van der Waals surface area contributed by atoms with E-state index in [9.17, 15) is 5.11 Å². The van der Waals surface area contributed by atoms with Crippen LogP contribution in [0.25, 0.3) is 0 Å². The fraction of sp³-hybridized carbons (Fsp3) is 0.529. The molecule has 1 heterocycles. The SMILES string of the molecule is COc1c(C)c2c(c(OCCSI)c1C/C=C(\C)CO)COOC2. The molecule has 5 nitrogen and oxygen atoms in total. The number of allylic oxidation sites excluding steroid dienone is 1. The lowest BCUT2D eigenvalue weighted by molar-refractivity contribution is -0.322. The summed E-state index contributed by atoms with van der Waals surface area (Å²) < 4.78 is 11.8. The maximum absolute atomic E-state index is 9.26. The van der Waals surface area contributed by atoms with E-state index in [1.165, 1.54) is 0 Å². The third-order valence-electron chi connectivity index (χ3n) is 3.98. The van der Waals surface area contributed by atoms with Crippen LogP contribution >= 0.6 is 30.1 Å². The molecular formula is C17H23IO5S. The molecule has 1 aromatic carbocycles. The van der Waals surface area contributed by atoms with E-state index < -0.39 is 0 Å². The lowest BCUT2D eigenvalue weighted by Crippen LogP contribution is -2.16. The Morgan fingerprint density at radius 1 is 1.29 bits per heavy atom. The monoisotopic (exact) mass is 466 g/mol. The molecule has 1 N–H and O–H groups in total. The molecule has 0 saturated heterocycles. The number of hydrogen-bond acceptors (Lipinski definition) is 6. The summed E-state index contributed by atoms with van der Waals surface area (Å²) in [4.78, 5) is 10.3. The minimum absolute atomic E-state index is 0.0465. The van der Waals surface area contributed by atoms with Gasteiger partial charge in [0.25, 0.3) is 0 Å². The molecule has 0 aromatic heterocycles. The second-order valence-corrected chi connectivity index (χ2v) is 8.02. The van der Waals surface area contributed by atoms with Crippen molar-refractivity contribution in [3.8, 4) is 11.5 Å². The number of rotatable bonds is 8. The average molecular weight is 466 g/mol. The summed E-state index contributed by atoms with van der Waals surface area (Å²) in [7, 11) is 3.38. The predicted octanol–water partition coefficient (Wildman–Crippen LogP) is 3.91. The van der Waals surface area contributed by atoms with Gasteiger partial charge in [-0.25, -0.2) is 9.78 Å². The van der Waals surface area contributed by atoms with Crippen molar-refractivity contribution in [2.24, 2.45) is 0 Å². The molecular weight excluding hydrogens is 443 g/mol. The van der Waals surface area contributed by atoms with Gasteiger partial charge >= 0.3 is 0 Å². The number of methoxy groups -OCH3 is 1. The molecule has 0 fully saturated rings. The van der Waals surface area contributed by atoms with Gasteiger partial charge in [0, 0.05) is 16.9 Å². The van der Waals surface area contributed by atoms with Gasteiger partial charge in [0.05, 0.1) is 20.3 Å². The Morgan fingerprint density at radius 2 is 2.00 bits per heavy atom. The Morgan fingerprint density at radius 3 is 2.62 bits per heavy atom. The fourth-order valence-corrected chi connectivity index (χ4v) is 3.40. The van der Waals surface area contributed by atoms with Crippen LogP contribution in [0.2, 0.25) is 0 Å². The standard InChI is InChI=1S/C17H23IO5S/c1-11(8-19)4-5-13-16(20-3)12(2)14-9-22-23-10-15(14)17(13)21-6-7-24-18/h4,19H,5-10H2,1-3H3/b11-4+. The average Bonchev–Trinajstić information content (AvgIpc) is 2.61. The number of ether oxygens (including phenoxy) is 2. The Hall–Kier alpha value is -0.480. The van der Waals surface area contributed by atoms with Crippen molar-refractivity contribution >= 4 is 30.1 Å². The third-order valence-corrected chi connectivity index (χ3v) is 5.63. The first kappa shape index (κ1) is 19.8. The number of halogens is 1. The summed E-state index contributed by atoms with van der Waals surface area (Å²) >= 11 is 2.26. The minimum Gasteiger partial charge on any atom is -0.496 e. The van der Waals surface area contributed by atoms with Crippen LogP contribution in [0.4, 0.5) is 0 Å². The number of hydrogen-bond donors (Lipinski definition) is 1. The highest BCUT2D eigenvalue weighted by Gasteiger charge is 2.26. The first-order chi connectivity index (χ1) is 11.6. The summed E-state index contributed by atoms with van der Waals surface area (Å²) in [6, 6.07) is 0. The van der Waals surface area contributed by atoms with Gasteiger partial charge < -0.3 is 14.6 Å². The van der Waals surface area contributed by atoms with Crippen molar-refractivity contribution in [1.82, 2.24) is 0 Å². The number of benzene rings is 1. The normalized spacial score (nSPS) is 14.5. The lowest BCUT2D eigenvalue weighted by atomic mass is 9.93. The van der Waals surface area contributed by atoms with Crippen molar-refractivity contribution in [1.29, 1.82) is 0 Å². The van der Waals surface area contributed by atoms with Crippen LogP contribution in [0.15, 0.2) is 11.6 Å². The van der Waals surface area contributed by atoms with Gasteiger partial charge in [0.15, 0.2) is 0 Å². The van der Waals surface area contributed by atoms with Crippen molar-refractivity contribution in [3.63, 3.8) is 0 Å². The molecule has 0 radical (unpaired) electrons. The topological polar surface area (TPSA) is 57.2 Å². The molecule has 134 valence electrons. The zero-order valence-electron chi connectivity index (χ0n) is 14.2. The van der Waals surface area contributed by atoms with E-state index in [-0.39, 0.29) is 6.61 Å². The summed E-state index contributed by atoms with van der Waals surface area (Å²) in [6.45, 7) is 5.35. The molecule has 7 heteroatoms. The predicted molar refractivity (Wildman–Crippen MR) is 104 cm³/mol. The van der Waals surface area contributed by atoms with Gasteiger partial charge in [-0.05, 0) is 52.6 Å². The Kier molecular flexibility index (Phi) is 8.15.